The number of aromatic hydroxyl groups is 2. The molecule has 5 N–H and O–H groups in total. The second-order valence-electron chi connectivity index (χ2n) is 5.72. The molecule has 0 spiro atoms. The molecule has 2 atom stereocenters. The average Bonchev–Trinajstić information content (AvgIpc) is 2.49. The van der Waals surface area contributed by atoms with E-state index in [0.717, 1.165) is 18.4 Å². The molecule has 0 aromatic heterocycles. The van der Waals surface area contributed by atoms with Gasteiger partial charge in [0.1, 0.15) is 0 Å². The van der Waals surface area contributed by atoms with E-state index in [1.165, 1.54) is 37.8 Å². The van der Waals surface area contributed by atoms with Crippen molar-refractivity contribution in [3.63, 3.8) is 0 Å². The normalized spacial score (nSPS) is 14.0. The van der Waals surface area contributed by atoms with Gasteiger partial charge in [0.15, 0.2) is 17.8 Å². The summed E-state index contributed by atoms with van der Waals surface area (Å²) in [6.45, 7) is 2.69. The van der Waals surface area contributed by atoms with Crippen LogP contribution in [0.4, 0.5) is 0 Å². The molecule has 1 rings (SSSR count). The van der Waals surface area contributed by atoms with E-state index in [1.54, 1.807) is 6.07 Å². The van der Waals surface area contributed by atoms with Gasteiger partial charge in [-0.1, -0.05) is 45.1 Å². The quantitative estimate of drug-likeness (QED) is 0.286. The lowest BCUT2D eigenvalue weighted by molar-refractivity contribution is -0.113. The van der Waals surface area contributed by atoms with Crippen LogP contribution >= 0.6 is 0 Å². The number of rotatable bonds is 11. The summed E-state index contributed by atoms with van der Waals surface area (Å²) in [5.41, 5.74) is 6.64. The number of ether oxygens (including phenoxy) is 1. The molecular weight excluding hydrogens is 282 g/mol. The smallest absolute Gasteiger partial charge is 0.170 e. The van der Waals surface area contributed by atoms with Gasteiger partial charge in [0.2, 0.25) is 0 Å². The highest BCUT2D eigenvalue weighted by atomic mass is 16.6. The summed E-state index contributed by atoms with van der Waals surface area (Å²) in [6, 6.07) is 3.94. The average molecular weight is 311 g/mol. The van der Waals surface area contributed by atoms with E-state index in [2.05, 4.69) is 6.92 Å². The Morgan fingerprint density at radius 2 is 1.73 bits per heavy atom. The van der Waals surface area contributed by atoms with Crippen molar-refractivity contribution in [3.8, 4) is 11.5 Å². The molecular formula is C17H29NO4. The van der Waals surface area contributed by atoms with Crippen LogP contribution in [0.2, 0.25) is 0 Å². The van der Waals surface area contributed by atoms with Crippen LogP contribution in [-0.2, 0) is 11.2 Å². The van der Waals surface area contributed by atoms with Gasteiger partial charge in [-0.15, -0.1) is 0 Å². The van der Waals surface area contributed by atoms with Gasteiger partial charge in [-0.2, -0.15) is 0 Å². The number of phenolic OH excluding ortho intramolecular Hbond substituents is 2. The Bertz CT molecular complexity index is 425. The molecule has 2 unspecified atom stereocenters. The fourth-order valence-corrected chi connectivity index (χ4v) is 2.28. The van der Waals surface area contributed by atoms with Gasteiger partial charge in [-0.3, -0.25) is 0 Å². The molecule has 0 radical (unpaired) electrons. The van der Waals surface area contributed by atoms with Crippen LogP contribution in [0.5, 0.6) is 11.5 Å². The highest BCUT2D eigenvalue weighted by molar-refractivity contribution is 5.40. The first-order chi connectivity index (χ1) is 10.5. The summed E-state index contributed by atoms with van der Waals surface area (Å²) in [5, 5.41) is 28.6. The molecule has 0 saturated heterocycles. The molecule has 0 aliphatic rings. The highest BCUT2D eigenvalue weighted by Gasteiger charge is 2.16. The first-order valence-electron chi connectivity index (χ1n) is 8.10. The molecule has 5 nitrogen and oxygen atoms in total. The van der Waals surface area contributed by atoms with Crippen LogP contribution in [-0.4, -0.2) is 34.3 Å². The van der Waals surface area contributed by atoms with Crippen molar-refractivity contribution >= 4 is 0 Å². The largest absolute Gasteiger partial charge is 0.504 e. The third-order valence-corrected chi connectivity index (χ3v) is 3.66. The van der Waals surface area contributed by atoms with Crippen molar-refractivity contribution < 1.29 is 20.1 Å². The Morgan fingerprint density at radius 1 is 1.05 bits per heavy atom. The van der Waals surface area contributed by atoms with Gasteiger partial charge >= 0.3 is 0 Å². The van der Waals surface area contributed by atoms with Crippen LogP contribution in [0.3, 0.4) is 0 Å². The molecule has 0 heterocycles. The summed E-state index contributed by atoms with van der Waals surface area (Å²) in [6.07, 6.45) is 6.33. The number of benzene rings is 1. The third-order valence-electron chi connectivity index (χ3n) is 3.66. The van der Waals surface area contributed by atoms with E-state index in [-0.39, 0.29) is 11.5 Å². The van der Waals surface area contributed by atoms with E-state index in [0.29, 0.717) is 13.0 Å². The van der Waals surface area contributed by atoms with Crippen LogP contribution < -0.4 is 5.73 Å². The molecule has 0 aliphatic carbocycles. The van der Waals surface area contributed by atoms with Gasteiger partial charge in [0.05, 0.1) is 6.04 Å². The van der Waals surface area contributed by atoms with Crippen molar-refractivity contribution in [1.82, 2.24) is 0 Å². The Kier molecular flexibility index (Phi) is 8.89. The highest BCUT2D eigenvalue weighted by Crippen LogP contribution is 2.25. The first-order valence-corrected chi connectivity index (χ1v) is 8.10. The molecule has 126 valence electrons. The lowest BCUT2D eigenvalue weighted by atomic mass is 10.1. The topological polar surface area (TPSA) is 95.9 Å². The Balaban J connectivity index is 2.21. The maximum absolute atomic E-state index is 9.88. The first kappa shape index (κ1) is 18.7. The summed E-state index contributed by atoms with van der Waals surface area (Å²) in [4.78, 5) is 0. The Labute approximate surface area is 132 Å². The van der Waals surface area contributed by atoms with Crippen molar-refractivity contribution in [3.05, 3.63) is 23.8 Å². The van der Waals surface area contributed by atoms with Gasteiger partial charge in [-0.05, 0) is 30.5 Å². The number of hydrogen-bond acceptors (Lipinski definition) is 5. The number of aliphatic hydroxyl groups is 1. The standard InChI is InChI=1S/C17H29NO4/c1-2-3-4-5-6-7-10-22-17(21)14(18)11-13-8-9-15(19)16(20)12-13/h8-9,12,14,17,19-21H,2-7,10-11,18H2,1H3. The summed E-state index contributed by atoms with van der Waals surface area (Å²) >= 11 is 0. The van der Waals surface area contributed by atoms with Crippen LogP contribution in [0.1, 0.15) is 51.0 Å². The second kappa shape index (κ2) is 10.4. The maximum atomic E-state index is 9.88. The zero-order valence-electron chi connectivity index (χ0n) is 13.4. The molecule has 22 heavy (non-hydrogen) atoms. The van der Waals surface area contributed by atoms with Crippen LogP contribution in [0, 0.1) is 0 Å². The minimum atomic E-state index is -1.02. The number of hydrogen-bond donors (Lipinski definition) is 4. The number of phenols is 2. The molecule has 0 aliphatic heterocycles. The Morgan fingerprint density at radius 3 is 2.41 bits per heavy atom. The predicted octanol–water partition coefficient (Wildman–Crippen LogP) is 2.66. The van der Waals surface area contributed by atoms with Crippen molar-refractivity contribution in [2.24, 2.45) is 5.73 Å². The molecule has 1 aromatic rings. The summed E-state index contributed by atoms with van der Waals surface area (Å²) in [5.74, 6) is -0.357. The van der Waals surface area contributed by atoms with Gasteiger partial charge in [0.25, 0.3) is 0 Å². The van der Waals surface area contributed by atoms with Crippen LogP contribution in [0.25, 0.3) is 0 Å². The van der Waals surface area contributed by atoms with Crippen molar-refractivity contribution in [1.29, 1.82) is 0 Å². The minimum Gasteiger partial charge on any atom is -0.504 e. The molecule has 0 fully saturated rings. The molecule has 0 saturated carbocycles. The zero-order valence-corrected chi connectivity index (χ0v) is 13.4. The van der Waals surface area contributed by atoms with Crippen molar-refractivity contribution in [2.45, 2.75) is 64.2 Å². The Hall–Kier alpha value is -1.30. The van der Waals surface area contributed by atoms with Crippen LogP contribution in [0.15, 0.2) is 18.2 Å². The fourth-order valence-electron chi connectivity index (χ4n) is 2.28. The minimum absolute atomic E-state index is 0.169. The molecule has 5 heteroatoms. The lowest BCUT2D eigenvalue weighted by Crippen LogP contribution is -2.38. The van der Waals surface area contributed by atoms with Gasteiger partial charge in [-0.25, -0.2) is 0 Å². The lowest BCUT2D eigenvalue weighted by Gasteiger charge is -2.19. The van der Waals surface area contributed by atoms with E-state index < -0.39 is 12.3 Å². The van der Waals surface area contributed by atoms with Gasteiger partial charge in [0, 0.05) is 6.61 Å². The van der Waals surface area contributed by atoms with Crippen molar-refractivity contribution in [2.75, 3.05) is 6.61 Å². The monoisotopic (exact) mass is 311 g/mol. The van der Waals surface area contributed by atoms with E-state index in [4.69, 9.17) is 10.5 Å². The number of aliphatic hydroxyl groups excluding tert-OH is 1. The number of nitrogens with two attached hydrogens (primary N) is 1. The van der Waals surface area contributed by atoms with E-state index >= 15 is 0 Å². The SMILES string of the molecule is CCCCCCCCOC(O)C(N)Cc1ccc(O)c(O)c1. The summed E-state index contributed by atoms with van der Waals surface area (Å²) in [7, 11) is 0. The second-order valence-corrected chi connectivity index (χ2v) is 5.72. The molecule has 0 amide bonds. The summed E-state index contributed by atoms with van der Waals surface area (Å²) < 4.78 is 5.36. The van der Waals surface area contributed by atoms with Gasteiger partial charge < -0.3 is 25.8 Å². The third kappa shape index (κ3) is 7.11. The van der Waals surface area contributed by atoms with E-state index in [1.807, 2.05) is 0 Å². The fraction of sp³-hybridized carbons (Fsp3) is 0.647. The molecule has 1 aromatic carbocycles. The van der Waals surface area contributed by atoms with E-state index in [9.17, 15) is 15.3 Å². The predicted molar refractivity (Wildman–Crippen MR) is 86.8 cm³/mol. The zero-order chi connectivity index (χ0) is 16.4. The number of unbranched alkanes of at least 4 members (excludes halogenated alkanes) is 5. The maximum Gasteiger partial charge on any atom is 0.170 e. The molecule has 0 bridgehead atoms.